The molecule has 0 saturated carbocycles. The molecule has 16 heavy (non-hydrogen) atoms. The number of carbonyl (C=O) groups is 1. The lowest BCUT2D eigenvalue weighted by molar-refractivity contribution is 0.0590. The summed E-state index contributed by atoms with van der Waals surface area (Å²) in [7, 11) is 3.14. The number of aryl methyl sites for hydroxylation is 1. The predicted octanol–water partition coefficient (Wildman–Crippen LogP) is 1.52. The summed E-state index contributed by atoms with van der Waals surface area (Å²) in [5.74, 6) is -0.373. The number of methoxy groups -OCH3 is 1. The summed E-state index contributed by atoms with van der Waals surface area (Å²) in [4.78, 5) is 11.4. The lowest BCUT2D eigenvalue weighted by Gasteiger charge is -2.06. The van der Waals surface area contributed by atoms with Crippen LogP contribution in [0.15, 0.2) is 6.20 Å². The van der Waals surface area contributed by atoms with Crippen molar-refractivity contribution in [2.24, 2.45) is 7.05 Å². The summed E-state index contributed by atoms with van der Waals surface area (Å²) in [6, 6.07) is 0. The molecule has 1 aromatic rings. The normalized spacial score (nSPS) is 10.4. The third kappa shape index (κ3) is 3.06. The van der Waals surface area contributed by atoms with Gasteiger partial charge < -0.3 is 9.47 Å². The number of unbranched alkanes of at least 4 members (excludes halogenated alkanes) is 1. The number of ether oxygens (including phenoxy) is 2. The highest BCUT2D eigenvalue weighted by Gasteiger charge is 2.16. The lowest BCUT2D eigenvalue weighted by Crippen LogP contribution is -2.09. The van der Waals surface area contributed by atoms with E-state index >= 15 is 0 Å². The van der Waals surface area contributed by atoms with Crippen LogP contribution in [0.4, 0.5) is 0 Å². The molecule has 0 bridgehead atoms. The Morgan fingerprint density at radius 3 is 2.94 bits per heavy atom. The Labute approximate surface area is 95.3 Å². The maximum atomic E-state index is 11.4. The Kier molecular flexibility index (Phi) is 4.98. The lowest BCUT2D eigenvalue weighted by atomic mass is 10.2. The first-order chi connectivity index (χ1) is 7.70. The van der Waals surface area contributed by atoms with Gasteiger partial charge in [0.15, 0.2) is 0 Å². The van der Waals surface area contributed by atoms with Gasteiger partial charge in [-0.1, -0.05) is 13.3 Å². The second-order valence-corrected chi connectivity index (χ2v) is 3.53. The predicted molar refractivity (Wildman–Crippen MR) is 59.1 cm³/mol. The quantitative estimate of drug-likeness (QED) is 0.545. The van der Waals surface area contributed by atoms with Crippen molar-refractivity contribution < 1.29 is 14.3 Å². The molecule has 0 amide bonds. The fourth-order valence-corrected chi connectivity index (χ4v) is 1.33. The smallest absolute Gasteiger partial charge is 0.341 e. The Morgan fingerprint density at radius 1 is 1.56 bits per heavy atom. The molecule has 0 saturated heterocycles. The van der Waals surface area contributed by atoms with Gasteiger partial charge in [0, 0.05) is 13.7 Å². The van der Waals surface area contributed by atoms with E-state index in [2.05, 4.69) is 16.8 Å². The van der Waals surface area contributed by atoms with E-state index in [1.807, 2.05) is 0 Å². The Hall–Kier alpha value is -1.36. The Balaban J connectivity index is 2.63. The first kappa shape index (κ1) is 12.7. The molecule has 1 aromatic heterocycles. The van der Waals surface area contributed by atoms with E-state index in [0.717, 1.165) is 18.5 Å². The molecule has 0 aliphatic heterocycles. The zero-order chi connectivity index (χ0) is 12.0. The van der Waals surface area contributed by atoms with Crippen molar-refractivity contribution in [2.75, 3.05) is 13.7 Å². The average molecular weight is 226 g/mol. The number of nitrogens with zero attached hydrogens (tertiary/aromatic N) is 2. The van der Waals surface area contributed by atoms with E-state index in [0.29, 0.717) is 18.8 Å². The summed E-state index contributed by atoms with van der Waals surface area (Å²) < 4.78 is 11.8. The molecular formula is C11H18N2O3. The van der Waals surface area contributed by atoms with Gasteiger partial charge in [0.2, 0.25) is 0 Å². The average Bonchev–Trinajstić information content (AvgIpc) is 2.65. The molecule has 0 unspecified atom stereocenters. The second-order valence-electron chi connectivity index (χ2n) is 3.53. The Bertz CT molecular complexity index is 347. The van der Waals surface area contributed by atoms with Crippen molar-refractivity contribution in [3.63, 3.8) is 0 Å². The van der Waals surface area contributed by atoms with Gasteiger partial charge in [-0.3, -0.25) is 4.68 Å². The number of rotatable bonds is 6. The highest BCUT2D eigenvalue weighted by atomic mass is 16.5. The van der Waals surface area contributed by atoms with Crippen LogP contribution in [0.25, 0.3) is 0 Å². The van der Waals surface area contributed by atoms with Crippen molar-refractivity contribution in [3.05, 3.63) is 17.5 Å². The first-order valence-electron chi connectivity index (χ1n) is 5.37. The molecule has 0 aliphatic carbocycles. The SMILES string of the molecule is CCCCOCc1c(C(=O)OC)cnn1C. The van der Waals surface area contributed by atoms with Gasteiger partial charge in [-0.05, 0) is 6.42 Å². The van der Waals surface area contributed by atoms with Crippen LogP contribution in [0.2, 0.25) is 0 Å². The van der Waals surface area contributed by atoms with E-state index < -0.39 is 0 Å². The minimum atomic E-state index is -0.373. The molecule has 5 heteroatoms. The van der Waals surface area contributed by atoms with E-state index in [9.17, 15) is 4.79 Å². The van der Waals surface area contributed by atoms with Crippen molar-refractivity contribution in [1.82, 2.24) is 9.78 Å². The number of hydrogen-bond donors (Lipinski definition) is 0. The van der Waals surface area contributed by atoms with Gasteiger partial charge in [-0.25, -0.2) is 4.79 Å². The number of hydrogen-bond acceptors (Lipinski definition) is 4. The van der Waals surface area contributed by atoms with Crippen LogP contribution >= 0.6 is 0 Å². The molecule has 0 aromatic carbocycles. The van der Waals surface area contributed by atoms with Crippen LogP contribution in [0.5, 0.6) is 0 Å². The van der Waals surface area contributed by atoms with E-state index in [1.54, 1.807) is 11.7 Å². The van der Waals surface area contributed by atoms with Gasteiger partial charge in [0.1, 0.15) is 5.56 Å². The standard InChI is InChI=1S/C11H18N2O3/c1-4-5-6-16-8-10-9(11(14)15-3)7-12-13(10)2/h7H,4-6,8H2,1-3H3. The minimum absolute atomic E-state index is 0.373. The molecule has 0 N–H and O–H groups in total. The maximum absolute atomic E-state index is 11.4. The monoisotopic (exact) mass is 226 g/mol. The van der Waals surface area contributed by atoms with Gasteiger partial charge >= 0.3 is 5.97 Å². The molecule has 0 fully saturated rings. The minimum Gasteiger partial charge on any atom is -0.465 e. The molecule has 1 heterocycles. The molecule has 1 rings (SSSR count). The topological polar surface area (TPSA) is 53.4 Å². The van der Waals surface area contributed by atoms with Crippen molar-refractivity contribution in [2.45, 2.75) is 26.4 Å². The Morgan fingerprint density at radius 2 is 2.31 bits per heavy atom. The largest absolute Gasteiger partial charge is 0.465 e. The van der Waals surface area contributed by atoms with Crippen molar-refractivity contribution in [1.29, 1.82) is 0 Å². The summed E-state index contributed by atoms with van der Waals surface area (Å²) in [5.41, 5.74) is 1.23. The summed E-state index contributed by atoms with van der Waals surface area (Å²) >= 11 is 0. The van der Waals surface area contributed by atoms with Crippen LogP contribution in [-0.2, 0) is 23.1 Å². The highest BCUT2D eigenvalue weighted by molar-refractivity contribution is 5.90. The molecule has 0 spiro atoms. The van der Waals surface area contributed by atoms with Gasteiger partial charge in [0.05, 0.1) is 25.6 Å². The summed E-state index contributed by atoms with van der Waals surface area (Å²) in [5, 5.41) is 4.02. The molecule has 0 radical (unpaired) electrons. The van der Waals surface area contributed by atoms with Crippen LogP contribution in [0.1, 0.15) is 35.8 Å². The van der Waals surface area contributed by atoms with Crippen LogP contribution in [0.3, 0.4) is 0 Å². The fraction of sp³-hybridized carbons (Fsp3) is 0.636. The fourth-order valence-electron chi connectivity index (χ4n) is 1.33. The van der Waals surface area contributed by atoms with E-state index in [-0.39, 0.29) is 5.97 Å². The number of aromatic nitrogens is 2. The van der Waals surface area contributed by atoms with Crippen LogP contribution in [-0.4, -0.2) is 29.5 Å². The van der Waals surface area contributed by atoms with E-state index in [1.165, 1.54) is 13.3 Å². The second kappa shape index (κ2) is 6.27. The first-order valence-corrected chi connectivity index (χ1v) is 5.37. The van der Waals surface area contributed by atoms with Gasteiger partial charge in [-0.15, -0.1) is 0 Å². The molecule has 5 nitrogen and oxygen atoms in total. The third-order valence-corrected chi connectivity index (χ3v) is 2.35. The van der Waals surface area contributed by atoms with Crippen molar-refractivity contribution >= 4 is 5.97 Å². The zero-order valence-electron chi connectivity index (χ0n) is 10.0. The van der Waals surface area contributed by atoms with E-state index in [4.69, 9.17) is 4.74 Å². The third-order valence-electron chi connectivity index (χ3n) is 2.35. The van der Waals surface area contributed by atoms with Gasteiger partial charge in [0.25, 0.3) is 0 Å². The number of esters is 1. The van der Waals surface area contributed by atoms with Crippen LogP contribution in [0, 0.1) is 0 Å². The summed E-state index contributed by atoms with van der Waals surface area (Å²) in [6.07, 6.45) is 3.62. The van der Waals surface area contributed by atoms with Gasteiger partial charge in [-0.2, -0.15) is 5.10 Å². The molecular weight excluding hydrogens is 208 g/mol. The summed E-state index contributed by atoms with van der Waals surface area (Å²) in [6.45, 7) is 3.19. The zero-order valence-corrected chi connectivity index (χ0v) is 10.0. The molecule has 0 aliphatic rings. The van der Waals surface area contributed by atoms with Crippen LogP contribution < -0.4 is 0 Å². The molecule has 90 valence electrons. The molecule has 0 atom stereocenters. The highest BCUT2D eigenvalue weighted by Crippen LogP contribution is 2.10. The maximum Gasteiger partial charge on any atom is 0.341 e. The number of carbonyl (C=O) groups excluding carboxylic acids is 1. The van der Waals surface area contributed by atoms with Crippen molar-refractivity contribution in [3.8, 4) is 0 Å².